The molecule has 146 valence electrons. The second-order valence-electron chi connectivity index (χ2n) is 6.76. The van der Waals surface area contributed by atoms with Gasteiger partial charge in [0, 0.05) is 36.2 Å². The molecule has 1 saturated heterocycles. The van der Waals surface area contributed by atoms with Gasteiger partial charge in [0.1, 0.15) is 0 Å². The van der Waals surface area contributed by atoms with Crippen molar-refractivity contribution in [2.75, 3.05) is 12.3 Å². The highest BCUT2D eigenvalue weighted by Gasteiger charge is 2.37. The number of hydrogen-bond acceptors (Lipinski definition) is 6. The van der Waals surface area contributed by atoms with Gasteiger partial charge in [-0.25, -0.2) is 9.78 Å². The van der Waals surface area contributed by atoms with Gasteiger partial charge in [-0.3, -0.25) is 4.79 Å². The Morgan fingerprint density at radius 3 is 2.73 bits per heavy atom. The van der Waals surface area contributed by atoms with Crippen LogP contribution in [0.5, 0.6) is 0 Å². The maximum Gasteiger partial charge on any atom is 0.355 e. The number of thiazole rings is 1. The molecule has 1 aliphatic heterocycles. The van der Waals surface area contributed by atoms with E-state index in [1.807, 2.05) is 4.90 Å². The van der Waals surface area contributed by atoms with Crippen molar-refractivity contribution in [1.29, 1.82) is 0 Å². The van der Waals surface area contributed by atoms with Crippen LogP contribution in [0, 0.1) is 5.92 Å². The molecule has 6 nitrogen and oxygen atoms in total. The molecule has 8 heteroatoms. The van der Waals surface area contributed by atoms with Crippen molar-refractivity contribution in [2.45, 2.75) is 68.8 Å². The molecule has 1 amide bonds. The predicted octanol–water partition coefficient (Wildman–Crippen LogP) is 3.47. The molecular weight excluding hydrogens is 370 g/mol. The van der Waals surface area contributed by atoms with E-state index >= 15 is 0 Å². The molecule has 1 aromatic rings. The van der Waals surface area contributed by atoms with Gasteiger partial charge in [0.05, 0.1) is 0 Å². The van der Waals surface area contributed by atoms with Crippen LogP contribution in [0.1, 0.15) is 62.9 Å². The number of carboxylic acid groups (broad SMARTS) is 1. The van der Waals surface area contributed by atoms with E-state index in [9.17, 15) is 9.59 Å². The van der Waals surface area contributed by atoms with E-state index in [1.54, 1.807) is 5.38 Å². The zero-order valence-electron chi connectivity index (χ0n) is 15.5. The summed E-state index contributed by atoms with van der Waals surface area (Å²) >= 11 is 2.83. The van der Waals surface area contributed by atoms with Gasteiger partial charge in [0.25, 0.3) is 0 Å². The lowest BCUT2D eigenvalue weighted by atomic mass is 9.86. The molecule has 2 atom stereocenters. The number of nitrogens with zero attached hydrogens (tertiary/aromatic N) is 2. The van der Waals surface area contributed by atoms with E-state index in [0.29, 0.717) is 24.6 Å². The van der Waals surface area contributed by atoms with Gasteiger partial charge in [-0.05, 0) is 25.2 Å². The van der Waals surface area contributed by atoms with Crippen LogP contribution in [-0.2, 0) is 4.79 Å². The first kappa shape index (κ1) is 21.2. The van der Waals surface area contributed by atoms with Crippen molar-refractivity contribution in [2.24, 2.45) is 11.7 Å². The van der Waals surface area contributed by atoms with Gasteiger partial charge < -0.3 is 15.7 Å². The first-order chi connectivity index (χ1) is 12.5. The largest absolute Gasteiger partial charge is 0.476 e. The Kier molecular flexibility index (Phi) is 8.37. The summed E-state index contributed by atoms with van der Waals surface area (Å²) in [5.74, 6) is 0.344. The topological polar surface area (TPSA) is 96.5 Å². The lowest BCUT2D eigenvalue weighted by Crippen LogP contribution is -2.50. The number of hydrogen-bond donors (Lipinski definition) is 2. The lowest BCUT2D eigenvalue weighted by molar-refractivity contribution is -0.129. The average molecular weight is 400 g/mol. The number of thioether (sulfide) groups is 1. The minimum Gasteiger partial charge on any atom is -0.476 e. The molecule has 1 fully saturated rings. The summed E-state index contributed by atoms with van der Waals surface area (Å²) < 4.78 is 0.727. The van der Waals surface area contributed by atoms with Crippen LogP contribution in [0.25, 0.3) is 0 Å². The maximum atomic E-state index is 12.3. The van der Waals surface area contributed by atoms with Crippen molar-refractivity contribution < 1.29 is 14.7 Å². The molecule has 0 aliphatic carbocycles. The number of amides is 1. The molecular formula is C18H29N3O3S2. The third-order valence-corrected chi connectivity index (χ3v) is 6.94. The quantitative estimate of drug-likeness (QED) is 0.553. The van der Waals surface area contributed by atoms with Crippen molar-refractivity contribution >= 4 is 35.0 Å². The fraction of sp³-hybridized carbons (Fsp3) is 0.722. The summed E-state index contributed by atoms with van der Waals surface area (Å²) in [6, 6.07) is 0.155. The molecule has 3 N–H and O–H groups in total. The van der Waals surface area contributed by atoms with Gasteiger partial charge in [0.15, 0.2) is 10.0 Å². The van der Waals surface area contributed by atoms with Crippen LogP contribution in [0.15, 0.2) is 9.72 Å². The number of nitrogens with two attached hydrogens (primary N) is 1. The first-order valence-corrected chi connectivity index (χ1v) is 11.2. The van der Waals surface area contributed by atoms with Crippen LogP contribution in [0.3, 0.4) is 0 Å². The van der Waals surface area contributed by atoms with Crippen molar-refractivity contribution in [1.82, 2.24) is 9.88 Å². The zero-order chi connectivity index (χ0) is 19.1. The van der Waals surface area contributed by atoms with Crippen LogP contribution in [-0.4, -0.2) is 51.2 Å². The smallest absolute Gasteiger partial charge is 0.355 e. The average Bonchev–Trinajstić information content (AvgIpc) is 3.22. The number of likely N-dealkylation sites (tertiary alicyclic amines) is 1. The number of rotatable bonds is 11. The van der Waals surface area contributed by atoms with E-state index in [0.717, 1.165) is 36.4 Å². The standard InChI is InChI=1S/C18H29N3O3S2/c1-3-5-12(6-4-2)16(19)14-7-8-15(22)21(14)9-10-25-18-20-13(11-26-18)17(23)24/h11-12,14,16H,3-10,19H2,1-2H3,(H,23,24)/t14-,16?/m1/s1. The van der Waals surface area contributed by atoms with E-state index in [2.05, 4.69) is 18.8 Å². The summed E-state index contributed by atoms with van der Waals surface area (Å²) in [5.41, 5.74) is 6.67. The molecule has 26 heavy (non-hydrogen) atoms. The second-order valence-corrected chi connectivity index (χ2v) is 8.96. The zero-order valence-corrected chi connectivity index (χ0v) is 17.2. The van der Waals surface area contributed by atoms with Crippen LogP contribution >= 0.6 is 23.1 Å². The highest BCUT2D eigenvalue weighted by Crippen LogP contribution is 2.29. The fourth-order valence-corrected chi connectivity index (χ4v) is 5.49. The van der Waals surface area contributed by atoms with E-state index < -0.39 is 5.97 Å². The SMILES string of the molecule is CCCC(CCC)C(N)[C@H]1CCC(=O)N1CCSc1nc(C(=O)O)cs1. The minimum absolute atomic E-state index is 0.0322. The summed E-state index contributed by atoms with van der Waals surface area (Å²) in [4.78, 5) is 29.3. The van der Waals surface area contributed by atoms with Gasteiger partial charge in [-0.2, -0.15) is 0 Å². The molecule has 2 rings (SSSR count). The van der Waals surface area contributed by atoms with Gasteiger partial charge in [-0.1, -0.05) is 38.5 Å². The van der Waals surface area contributed by atoms with Crippen molar-refractivity contribution in [3.05, 3.63) is 11.1 Å². The molecule has 0 saturated carbocycles. The monoisotopic (exact) mass is 399 g/mol. The van der Waals surface area contributed by atoms with Gasteiger partial charge in [0.2, 0.25) is 5.91 Å². The third-order valence-electron chi connectivity index (χ3n) is 4.94. The summed E-state index contributed by atoms with van der Waals surface area (Å²) in [6.45, 7) is 5.00. The highest BCUT2D eigenvalue weighted by molar-refractivity contribution is 8.01. The Balaban J connectivity index is 1.92. The van der Waals surface area contributed by atoms with E-state index in [1.165, 1.54) is 23.1 Å². The molecule has 0 spiro atoms. The summed E-state index contributed by atoms with van der Waals surface area (Å²) in [5, 5.41) is 10.5. The molecule has 0 bridgehead atoms. The first-order valence-electron chi connectivity index (χ1n) is 9.34. The summed E-state index contributed by atoms with van der Waals surface area (Å²) in [7, 11) is 0. The number of aromatic carboxylic acids is 1. The Morgan fingerprint density at radius 1 is 1.46 bits per heavy atom. The molecule has 1 unspecified atom stereocenters. The second kappa shape index (κ2) is 10.3. The maximum absolute atomic E-state index is 12.3. The van der Waals surface area contributed by atoms with Crippen molar-refractivity contribution in [3.63, 3.8) is 0 Å². The summed E-state index contributed by atoms with van der Waals surface area (Å²) in [6.07, 6.45) is 5.87. The number of carbonyl (C=O) groups excluding carboxylic acids is 1. The third kappa shape index (κ3) is 5.44. The molecule has 0 radical (unpaired) electrons. The molecule has 2 heterocycles. The normalized spacial score (nSPS) is 18.7. The van der Waals surface area contributed by atoms with E-state index in [-0.39, 0.29) is 23.7 Å². The Morgan fingerprint density at radius 2 is 2.15 bits per heavy atom. The molecule has 1 aromatic heterocycles. The minimum atomic E-state index is -1.01. The highest BCUT2D eigenvalue weighted by atomic mass is 32.2. The van der Waals surface area contributed by atoms with Crippen LogP contribution < -0.4 is 5.73 Å². The molecule has 0 aromatic carbocycles. The Hall–Kier alpha value is -1.12. The Labute approximate surface area is 163 Å². The predicted molar refractivity (Wildman–Crippen MR) is 106 cm³/mol. The number of carboxylic acids is 1. The fourth-order valence-electron chi connectivity index (χ4n) is 3.68. The van der Waals surface area contributed by atoms with Gasteiger partial charge >= 0.3 is 5.97 Å². The van der Waals surface area contributed by atoms with Crippen molar-refractivity contribution in [3.8, 4) is 0 Å². The van der Waals surface area contributed by atoms with Gasteiger partial charge in [-0.15, -0.1) is 11.3 Å². The number of aromatic nitrogens is 1. The number of carbonyl (C=O) groups is 2. The molecule has 1 aliphatic rings. The Bertz CT molecular complexity index is 602. The van der Waals surface area contributed by atoms with E-state index in [4.69, 9.17) is 10.8 Å². The van der Waals surface area contributed by atoms with Crippen LogP contribution in [0.2, 0.25) is 0 Å². The van der Waals surface area contributed by atoms with Crippen LogP contribution in [0.4, 0.5) is 0 Å². The lowest BCUT2D eigenvalue weighted by Gasteiger charge is -2.34.